The second-order valence-electron chi connectivity index (χ2n) is 6.49. The van der Waals surface area contributed by atoms with Crippen LogP contribution in [0, 0.1) is 6.92 Å². The van der Waals surface area contributed by atoms with Gasteiger partial charge in [0, 0.05) is 22.0 Å². The van der Waals surface area contributed by atoms with Crippen LogP contribution in [0.3, 0.4) is 0 Å². The second kappa shape index (κ2) is 8.69. The number of anilines is 1. The fourth-order valence-corrected chi connectivity index (χ4v) is 3.89. The number of nitrogens with zero attached hydrogens (tertiary/aromatic N) is 3. The van der Waals surface area contributed by atoms with E-state index in [9.17, 15) is 4.79 Å². The van der Waals surface area contributed by atoms with Gasteiger partial charge in [-0.2, -0.15) is 9.78 Å². The molecule has 0 radical (unpaired) electrons. The van der Waals surface area contributed by atoms with Crippen molar-refractivity contribution in [1.29, 1.82) is 0 Å². The standard InChI is InChI=1S/C22H19ClN4O2S/c1-3-29-19-7-5-4-6-17(19)21(28)25-20-12-14(2)26-27(20)22-24-18(13-30-22)15-8-10-16(23)11-9-15/h4-13H,3H2,1-2H3,(H,25,28). The SMILES string of the molecule is CCOc1ccccc1C(=O)Nc1cc(C)nn1-c1nc(-c2ccc(Cl)cc2)cs1. The summed E-state index contributed by atoms with van der Waals surface area (Å²) in [5.74, 6) is 0.815. The highest BCUT2D eigenvalue weighted by atomic mass is 35.5. The predicted molar refractivity (Wildman–Crippen MR) is 120 cm³/mol. The molecule has 0 bridgehead atoms. The van der Waals surface area contributed by atoms with Gasteiger partial charge >= 0.3 is 0 Å². The fourth-order valence-electron chi connectivity index (χ4n) is 2.97. The van der Waals surface area contributed by atoms with Crippen molar-refractivity contribution in [3.05, 3.63) is 76.3 Å². The molecule has 0 unspecified atom stereocenters. The number of carbonyl (C=O) groups excluding carboxylic acids is 1. The lowest BCUT2D eigenvalue weighted by molar-refractivity contribution is 0.102. The summed E-state index contributed by atoms with van der Waals surface area (Å²) in [5, 5.41) is 10.7. The molecule has 0 aliphatic rings. The molecule has 0 saturated heterocycles. The summed E-state index contributed by atoms with van der Waals surface area (Å²) in [6, 6.07) is 16.5. The van der Waals surface area contributed by atoms with Crippen LogP contribution in [0.15, 0.2) is 60.0 Å². The van der Waals surface area contributed by atoms with Gasteiger partial charge in [0.15, 0.2) is 0 Å². The lowest BCUT2D eigenvalue weighted by Crippen LogP contribution is -2.16. The molecule has 1 amide bonds. The number of ether oxygens (including phenoxy) is 1. The molecule has 0 fully saturated rings. The lowest BCUT2D eigenvalue weighted by atomic mass is 10.2. The molecule has 0 saturated carbocycles. The zero-order chi connectivity index (χ0) is 21.1. The van der Waals surface area contributed by atoms with Crippen LogP contribution in [0.2, 0.25) is 5.02 Å². The number of aromatic nitrogens is 3. The van der Waals surface area contributed by atoms with Gasteiger partial charge in [-0.1, -0.05) is 35.9 Å². The zero-order valence-corrected chi connectivity index (χ0v) is 18.0. The number of carbonyl (C=O) groups is 1. The fraction of sp³-hybridized carbons (Fsp3) is 0.136. The van der Waals surface area contributed by atoms with Gasteiger partial charge in [-0.3, -0.25) is 4.79 Å². The molecule has 30 heavy (non-hydrogen) atoms. The van der Waals surface area contributed by atoms with Crippen LogP contribution in [-0.2, 0) is 0 Å². The van der Waals surface area contributed by atoms with E-state index < -0.39 is 0 Å². The van der Waals surface area contributed by atoms with E-state index in [2.05, 4.69) is 15.4 Å². The number of para-hydroxylation sites is 1. The Hall–Kier alpha value is -3.16. The molecule has 8 heteroatoms. The maximum Gasteiger partial charge on any atom is 0.260 e. The van der Waals surface area contributed by atoms with Gasteiger partial charge in [0.2, 0.25) is 5.13 Å². The van der Waals surface area contributed by atoms with Crippen LogP contribution in [-0.4, -0.2) is 27.3 Å². The molecule has 1 N–H and O–H groups in total. The van der Waals surface area contributed by atoms with Crippen molar-refractivity contribution >= 4 is 34.7 Å². The van der Waals surface area contributed by atoms with E-state index in [0.29, 0.717) is 33.9 Å². The summed E-state index contributed by atoms with van der Waals surface area (Å²) < 4.78 is 7.21. The second-order valence-corrected chi connectivity index (χ2v) is 7.76. The molecule has 2 aromatic carbocycles. The summed E-state index contributed by atoms with van der Waals surface area (Å²) in [6.07, 6.45) is 0. The summed E-state index contributed by atoms with van der Waals surface area (Å²) in [5.41, 5.74) is 3.01. The van der Waals surface area contributed by atoms with Gasteiger partial charge in [0.25, 0.3) is 5.91 Å². The van der Waals surface area contributed by atoms with Gasteiger partial charge in [-0.25, -0.2) is 4.98 Å². The molecular formula is C22H19ClN4O2S. The highest BCUT2D eigenvalue weighted by Crippen LogP contribution is 2.28. The number of thiazole rings is 1. The number of benzene rings is 2. The smallest absolute Gasteiger partial charge is 0.260 e. The monoisotopic (exact) mass is 438 g/mol. The van der Waals surface area contributed by atoms with Gasteiger partial charge in [0.1, 0.15) is 11.6 Å². The van der Waals surface area contributed by atoms with E-state index in [1.165, 1.54) is 11.3 Å². The highest BCUT2D eigenvalue weighted by molar-refractivity contribution is 7.12. The number of halogens is 1. The van der Waals surface area contributed by atoms with Crippen molar-refractivity contribution in [2.45, 2.75) is 13.8 Å². The number of hydrogen-bond donors (Lipinski definition) is 1. The van der Waals surface area contributed by atoms with E-state index in [-0.39, 0.29) is 5.91 Å². The van der Waals surface area contributed by atoms with Crippen LogP contribution >= 0.6 is 22.9 Å². The van der Waals surface area contributed by atoms with Crippen molar-refractivity contribution in [2.24, 2.45) is 0 Å². The third-order valence-electron chi connectivity index (χ3n) is 4.32. The summed E-state index contributed by atoms with van der Waals surface area (Å²) in [6.45, 7) is 4.23. The van der Waals surface area contributed by atoms with Crippen LogP contribution in [0.4, 0.5) is 5.82 Å². The molecule has 2 aromatic heterocycles. The predicted octanol–water partition coefficient (Wildman–Crippen LogP) is 5.61. The van der Waals surface area contributed by atoms with E-state index >= 15 is 0 Å². The average molecular weight is 439 g/mol. The number of hydrogen-bond acceptors (Lipinski definition) is 5. The summed E-state index contributed by atoms with van der Waals surface area (Å²) in [4.78, 5) is 17.6. The quantitative estimate of drug-likeness (QED) is 0.425. The van der Waals surface area contributed by atoms with Crippen LogP contribution < -0.4 is 10.1 Å². The number of rotatable bonds is 6. The Labute approximate surface area is 183 Å². The third-order valence-corrected chi connectivity index (χ3v) is 5.39. The summed E-state index contributed by atoms with van der Waals surface area (Å²) in [7, 11) is 0. The van der Waals surface area contributed by atoms with Crippen LogP contribution in [0.5, 0.6) is 5.75 Å². The van der Waals surface area contributed by atoms with Gasteiger partial charge < -0.3 is 10.1 Å². The summed E-state index contributed by atoms with van der Waals surface area (Å²) >= 11 is 7.42. The molecule has 4 aromatic rings. The molecule has 0 aliphatic heterocycles. The first-order valence-corrected chi connectivity index (χ1v) is 10.6. The van der Waals surface area contributed by atoms with Crippen LogP contribution in [0.1, 0.15) is 23.0 Å². The molecule has 152 valence electrons. The zero-order valence-electron chi connectivity index (χ0n) is 16.4. The Morgan fingerprint density at radius 1 is 1.20 bits per heavy atom. The minimum Gasteiger partial charge on any atom is -0.493 e. The van der Waals surface area contributed by atoms with Crippen LogP contribution in [0.25, 0.3) is 16.4 Å². The van der Waals surface area contributed by atoms with Crippen molar-refractivity contribution in [2.75, 3.05) is 11.9 Å². The van der Waals surface area contributed by atoms with Crippen molar-refractivity contribution in [3.8, 4) is 22.1 Å². The molecule has 0 spiro atoms. The van der Waals surface area contributed by atoms with Crippen molar-refractivity contribution in [1.82, 2.24) is 14.8 Å². The largest absolute Gasteiger partial charge is 0.493 e. The maximum absolute atomic E-state index is 12.9. The van der Waals surface area contributed by atoms with E-state index in [1.54, 1.807) is 22.9 Å². The Morgan fingerprint density at radius 2 is 1.97 bits per heavy atom. The topological polar surface area (TPSA) is 69.0 Å². The van der Waals surface area contributed by atoms with Gasteiger partial charge in [0.05, 0.1) is 23.6 Å². The Kier molecular flexibility index (Phi) is 5.83. The molecule has 0 atom stereocenters. The number of amides is 1. The van der Waals surface area contributed by atoms with E-state index in [0.717, 1.165) is 17.0 Å². The highest BCUT2D eigenvalue weighted by Gasteiger charge is 2.17. The van der Waals surface area contributed by atoms with Gasteiger partial charge in [-0.15, -0.1) is 11.3 Å². The molecule has 6 nitrogen and oxygen atoms in total. The molecular weight excluding hydrogens is 420 g/mol. The number of nitrogens with one attached hydrogen (secondary N) is 1. The van der Waals surface area contributed by atoms with Crippen molar-refractivity contribution < 1.29 is 9.53 Å². The normalized spacial score (nSPS) is 10.8. The minimum atomic E-state index is -0.269. The first-order chi connectivity index (χ1) is 14.5. The van der Waals surface area contributed by atoms with E-state index in [4.69, 9.17) is 16.3 Å². The minimum absolute atomic E-state index is 0.269. The maximum atomic E-state index is 12.9. The van der Waals surface area contributed by atoms with Gasteiger partial charge in [-0.05, 0) is 38.1 Å². The number of aryl methyl sites for hydroxylation is 1. The lowest BCUT2D eigenvalue weighted by Gasteiger charge is -2.10. The first-order valence-electron chi connectivity index (χ1n) is 9.37. The Bertz CT molecular complexity index is 1180. The van der Waals surface area contributed by atoms with E-state index in [1.807, 2.05) is 55.6 Å². The molecule has 4 rings (SSSR count). The van der Waals surface area contributed by atoms with Crippen molar-refractivity contribution in [3.63, 3.8) is 0 Å². The average Bonchev–Trinajstić information content (AvgIpc) is 3.36. The molecule has 0 aliphatic carbocycles. The third kappa shape index (κ3) is 4.22. The molecule has 2 heterocycles. The Balaban J connectivity index is 1.62. The first kappa shape index (κ1) is 20.1. The Morgan fingerprint density at radius 3 is 2.73 bits per heavy atom.